The van der Waals surface area contributed by atoms with Crippen LogP contribution in [0.1, 0.15) is 42.1 Å². The molecule has 3 N–H and O–H groups in total. The molecule has 2 aliphatic carbocycles. The fraction of sp³-hybridized carbons (Fsp3) is 0.368. The topological polar surface area (TPSA) is 89.6 Å². The van der Waals surface area contributed by atoms with Crippen LogP contribution in [-0.2, 0) is 12.8 Å². The van der Waals surface area contributed by atoms with Gasteiger partial charge in [0, 0.05) is 12.0 Å². The van der Waals surface area contributed by atoms with Crippen molar-refractivity contribution in [2.24, 2.45) is 0 Å². The second kappa shape index (κ2) is 5.65. The molecule has 1 saturated carbocycles. The Morgan fingerprint density at radius 3 is 2.68 bits per heavy atom. The van der Waals surface area contributed by atoms with Gasteiger partial charge >= 0.3 is 0 Å². The Hall–Kier alpha value is -2.76. The highest BCUT2D eigenvalue weighted by atomic mass is 15.1. The van der Waals surface area contributed by atoms with E-state index in [1.54, 1.807) is 6.20 Å². The summed E-state index contributed by atoms with van der Waals surface area (Å²) in [5.74, 6) is 2.39. The third-order valence-corrected chi connectivity index (χ3v) is 5.10. The van der Waals surface area contributed by atoms with E-state index in [0.717, 1.165) is 36.4 Å². The van der Waals surface area contributed by atoms with Gasteiger partial charge in [-0.1, -0.05) is 24.3 Å². The minimum absolute atomic E-state index is 0.258. The van der Waals surface area contributed by atoms with E-state index in [-0.39, 0.29) is 5.95 Å². The number of hydrogen-bond acceptors (Lipinski definition) is 6. The van der Waals surface area contributed by atoms with E-state index in [0.29, 0.717) is 17.5 Å². The molecule has 0 spiro atoms. The first-order valence-electron chi connectivity index (χ1n) is 8.90. The van der Waals surface area contributed by atoms with Crippen LogP contribution in [0.25, 0.3) is 11.0 Å². The normalized spacial score (nSPS) is 19.6. The molecule has 0 aliphatic heterocycles. The molecule has 3 aromatic rings. The van der Waals surface area contributed by atoms with Crippen LogP contribution < -0.4 is 11.1 Å². The maximum atomic E-state index is 5.90. The molecule has 2 heterocycles. The molecule has 1 aromatic carbocycles. The minimum Gasteiger partial charge on any atom is -0.368 e. The Morgan fingerprint density at radius 1 is 1.00 bits per heavy atom. The molecule has 6 heteroatoms. The molecule has 2 aromatic heterocycles. The first-order chi connectivity index (χ1) is 12.3. The van der Waals surface area contributed by atoms with Gasteiger partial charge in [0.2, 0.25) is 5.95 Å². The van der Waals surface area contributed by atoms with Crippen LogP contribution in [0.5, 0.6) is 0 Å². The van der Waals surface area contributed by atoms with E-state index < -0.39 is 0 Å². The fourth-order valence-electron chi connectivity index (χ4n) is 3.61. The van der Waals surface area contributed by atoms with Crippen LogP contribution in [0.2, 0.25) is 0 Å². The Balaban J connectivity index is 1.49. The Kier molecular flexibility index (Phi) is 3.29. The number of aryl methyl sites for hydroxylation is 1. The molecule has 0 saturated heterocycles. The fourth-order valence-corrected chi connectivity index (χ4v) is 3.61. The van der Waals surface area contributed by atoms with Crippen molar-refractivity contribution in [1.29, 1.82) is 0 Å². The smallest absolute Gasteiger partial charge is 0.222 e. The number of nitrogens with two attached hydrogens (primary N) is 1. The van der Waals surface area contributed by atoms with E-state index >= 15 is 0 Å². The first-order valence-corrected chi connectivity index (χ1v) is 8.90. The molecule has 126 valence electrons. The molecular weight excluding hydrogens is 312 g/mol. The summed E-state index contributed by atoms with van der Waals surface area (Å²) in [6.45, 7) is 0. The molecule has 1 unspecified atom stereocenters. The van der Waals surface area contributed by atoms with Crippen molar-refractivity contribution in [1.82, 2.24) is 19.9 Å². The number of fused-ring (bicyclic) bond motifs is 2. The van der Waals surface area contributed by atoms with E-state index in [1.165, 1.54) is 24.0 Å². The van der Waals surface area contributed by atoms with Crippen molar-refractivity contribution >= 4 is 22.8 Å². The monoisotopic (exact) mass is 332 g/mol. The van der Waals surface area contributed by atoms with Crippen molar-refractivity contribution in [3.05, 3.63) is 47.4 Å². The molecule has 0 bridgehead atoms. The largest absolute Gasteiger partial charge is 0.368 e. The van der Waals surface area contributed by atoms with Crippen LogP contribution in [-0.4, -0.2) is 26.0 Å². The predicted molar refractivity (Wildman–Crippen MR) is 97.4 cm³/mol. The SMILES string of the molecule is Nc1nc(NC2CCc3ccccc3C2)c2nc(C3CC3)ncc2n1. The summed E-state index contributed by atoms with van der Waals surface area (Å²) in [6, 6.07) is 8.98. The van der Waals surface area contributed by atoms with E-state index in [1.807, 2.05) is 0 Å². The molecule has 5 rings (SSSR count). The zero-order valence-electron chi connectivity index (χ0n) is 13.9. The highest BCUT2D eigenvalue weighted by molar-refractivity contribution is 5.85. The van der Waals surface area contributed by atoms with Crippen LogP contribution in [0.4, 0.5) is 11.8 Å². The molecule has 0 amide bonds. The van der Waals surface area contributed by atoms with Gasteiger partial charge in [-0.05, 0) is 43.2 Å². The number of hydrogen-bond donors (Lipinski definition) is 2. The quantitative estimate of drug-likeness (QED) is 0.766. The summed E-state index contributed by atoms with van der Waals surface area (Å²) in [5.41, 5.74) is 10.2. The van der Waals surface area contributed by atoms with Gasteiger partial charge in [-0.2, -0.15) is 4.98 Å². The van der Waals surface area contributed by atoms with Crippen molar-refractivity contribution in [3.8, 4) is 0 Å². The lowest BCUT2D eigenvalue weighted by atomic mass is 9.88. The summed E-state index contributed by atoms with van der Waals surface area (Å²) < 4.78 is 0. The van der Waals surface area contributed by atoms with Gasteiger partial charge in [-0.25, -0.2) is 15.0 Å². The van der Waals surface area contributed by atoms with E-state index in [4.69, 9.17) is 10.7 Å². The number of nitrogen functional groups attached to an aromatic ring is 1. The summed E-state index contributed by atoms with van der Waals surface area (Å²) >= 11 is 0. The third-order valence-electron chi connectivity index (χ3n) is 5.10. The van der Waals surface area contributed by atoms with Crippen molar-refractivity contribution in [2.75, 3.05) is 11.1 Å². The third kappa shape index (κ3) is 2.77. The molecular formula is C19H20N6. The molecule has 25 heavy (non-hydrogen) atoms. The summed E-state index contributed by atoms with van der Waals surface area (Å²) in [6.07, 6.45) is 7.25. The van der Waals surface area contributed by atoms with Gasteiger partial charge < -0.3 is 11.1 Å². The van der Waals surface area contributed by atoms with Gasteiger partial charge in [-0.15, -0.1) is 0 Å². The Bertz CT molecular complexity index is 950. The van der Waals surface area contributed by atoms with E-state index in [9.17, 15) is 0 Å². The average Bonchev–Trinajstić information content (AvgIpc) is 3.46. The molecule has 6 nitrogen and oxygen atoms in total. The highest BCUT2D eigenvalue weighted by Gasteiger charge is 2.27. The van der Waals surface area contributed by atoms with E-state index in [2.05, 4.69) is 44.5 Å². The van der Waals surface area contributed by atoms with Gasteiger partial charge in [0.15, 0.2) is 5.82 Å². The molecule has 2 aliphatic rings. The van der Waals surface area contributed by atoms with Gasteiger partial charge in [0.25, 0.3) is 0 Å². The first kappa shape index (κ1) is 14.6. The average molecular weight is 332 g/mol. The highest BCUT2D eigenvalue weighted by Crippen LogP contribution is 2.38. The zero-order valence-corrected chi connectivity index (χ0v) is 13.9. The second-order valence-corrected chi connectivity index (χ2v) is 7.02. The number of nitrogens with one attached hydrogen (secondary N) is 1. The van der Waals surface area contributed by atoms with Crippen LogP contribution >= 0.6 is 0 Å². The maximum Gasteiger partial charge on any atom is 0.222 e. The van der Waals surface area contributed by atoms with Crippen molar-refractivity contribution in [2.45, 2.75) is 44.1 Å². The maximum absolute atomic E-state index is 5.90. The Morgan fingerprint density at radius 2 is 1.84 bits per heavy atom. The lowest BCUT2D eigenvalue weighted by molar-refractivity contribution is 0.609. The predicted octanol–water partition coefficient (Wildman–Crippen LogP) is 2.85. The minimum atomic E-state index is 0.258. The molecule has 0 radical (unpaired) electrons. The lowest BCUT2D eigenvalue weighted by Gasteiger charge is -2.26. The van der Waals surface area contributed by atoms with Gasteiger partial charge in [-0.3, -0.25) is 0 Å². The van der Waals surface area contributed by atoms with Crippen LogP contribution in [0.15, 0.2) is 30.5 Å². The summed E-state index contributed by atoms with van der Waals surface area (Å²) in [7, 11) is 0. The number of anilines is 2. The van der Waals surface area contributed by atoms with Crippen LogP contribution in [0, 0.1) is 0 Å². The van der Waals surface area contributed by atoms with Crippen molar-refractivity contribution < 1.29 is 0 Å². The molecule has 1 atom stereocenters. The summed E-state index contributed by atoms with van der Waals surface area (Å²) in [5, 5.41) is 3.57. The zero-order chi connectivity index (χ0) is 16.8. The van der Waals surface area contributed by atoms with Crippen LogP contribution in [0.3, 0.4) is 0 Å². The molecule has 1 fully saturated rings. The Labute approximate surface area is 145 Å². The number of aromatic nitrogens is 4. The number of nitrogens with zero attached hydrogens (tertiary/aromatic N) is 4. The second-order valence-electron chi connectivity index (χ2n) is 7.02. The number of rotatable bonds is 3. The number of benzene rings is 1. The summed E-state index contributed by atoms with van der Waals surface area (Å²) in [4.78, 5) is 17.9. The lowest BCUT2D eigenvalue weighted by Crippen LogP contribution is -2.28. The van der Waals surface area contributed by atoms with Gasteiger partial charge in [0.05, 0.1) is 6.20 Å². The van der Waals surface area contributed by atoms with Crippen molar-refractivity contribution in [3.63, 3.8) is 0 Å². The van der Waals surface area contributed by atoms with Gasteiger partial charge in [0.1, 0.15) is 16.9 Å². The standard InChI is InChI=1S/C19H20N6/c20-19-23-15-10-21-17(12-5-6-12)24-16(15)18(25-19)22-14-8-7-11-3-1-2-4-13(11)9-14/h1-4,10,12,14H,5-9H2,(H3,20,22,23,25).